The Kier molecular flexibility index (Phi) is 11.9. The van der Waals surface area contributed by atoms with Gasteiger partial charge in [0.25, 0.3) is 10.0 Å². The number of rotatable bonds is 13. The summed E-state index contributed by atoms with van der Waals surface area (Å²) in [6.45, 7) is 3.21. The first-order chi connectivity index (χ1) is 21.5. The van der Waals surface area contributed by atoms with E-state index in [2.05, 4.69) is 5.32 Å². The predicted molar refractivity (Wildman–Crippen MR) is 181 cm³/mol. The summed E-state index contributed by atoms with van der Waals surface area (Å²) in [7, 11) is -4.30. The molecule has 236 valence electrons. The van der Waals surface area contributed by atoms with Crippen LogP contribution in [0.15, 0.2) is 108 Å². The Morgan fingerprint density at radius 2 is 1.40 bits per heavy atom. The molecule has 11 heteroatoms. The third-order valence-electron chi connectivity index (χ3n) is 7.33. The summed E-state index contributed by atoms with van der Waals surface area (Å²) in [5.74, 6) is -0.963. The lowest BCUT2D eigenvalue weighted by Gasteiger charge is -2.34. The van der Waals surface area contributed by atoms with Crippen molar-refractivity contribution in [1.29, 1.82) is 0 Å². The van der Waals surface area contributed by atoms with Crippen LogP contribution in [0.25, 0.3) is 0 Å². The summed E-state index contributed by atoms with van der Waals surface area (Å²) in [6, 6.07) is 27.3. The minimum absolute atomic E-state index is 0.0178. The first kappa shape index (κ1) is 34.3. The van der Waals surface area contributed by atoms with Crippen molar-refractivity contribution in [2.75, 3.05) is 10.8 Å². The Morgan fingerprint density at radius 1 is 0.800 bits per heavy atom. The zero-order valence-corrected chi connectivity index (χ0v) is 28.0. The highest BCUT2D eigenvalue weighted by Crippen LogP contribution is 2.33. The third kappa shape index (κ3) is 9.01. The Labute approximate surface area is 279 Å². The largest absolute Gasteiger partial charge is 0.352 e. The molecule has 0 fully saturated rings. The van der Waals surface area contributed by atoms with E-state index in [1.165, 1.54) is 35.2 Å². The molecule has 0 spiro atoms. The molecular formula is C34H34Cl3N3O4S. The van der Waals surface area contributed by atoms with Crippen LogP contribution in [0.1, 0.15) is 31.4 Å². The minimum atomic E-state index is -4.30. The van der Waals surface area contributed by atoms with Crippen molar-refractivity contribution in [1.82, 2.24) is 10.2 Å². The number of sulfonamides is 1. The molecule has 0 saturated carbocycles. The van der Waals surface area contributed by atoms with Crippen molar-refractivity contribution >= 4 is 62.3 Å². The number of hydrogen-bond acceptors (Lipinski definition) is 4. The molecule has 4 aromatic rings. The van der Waals surface area contributed by atoms with Crippen molar-refractivity contribution in [2.24, 2.45) is 0 Å². The van der Waals surface area contributed by atoms with E-state index in [1.807, 2.05) is 44.2 Å². The van der Waals surface area contributed by atoms with E-state index >= 15 is 0 Å². The van der Waals surface area contributed by atoms with Gasteiger partial charge >= 0.3 is 0 Å². The Balaban J connectivity index is 1.83. The lowest BCUT2D eigenvalue weighted by atomic mass is 10.0. The molecular weight excluding hydrogens is 653 g/mol. The van der Waals surface area contributed by atoms with Crippen LogP contribution in [0.3, 0.4) is 0 Å². The zero-order chi connectivity index (χ0) is 32.6. The second-order valence-corrected chi connectivity index (χ2v) is 13.7. The number of hydrogen-bond donors (Lipinski definition) is 1. The van der Waals surface area contributed by atoms with E-state index in [0.717, 1.165) is 9.87 Å². The highest BCUT2D eigenvalue weighted by Gasteiger charge is 2.35. The van der Waals surface area contributed by atoms with Gasteiger partial charge in [0, 0.05) is 29.1 Å². The maximum absolute atomic E-state index is 14.5. The average Bonchev–Trinajstić information content (AvgIpc) is 3.04. The number of anilines is 1. The number of amides is 2. The van der Waals surface area contributed by atoms with Crippen molar-refractivity contribution in [3.63, 3.8) is 0 Å². The highest BCUT2D eigenvalue weighted by molar-refractivity contribution is 7.92. The summed E-state index contributed by atoms with van der Waals surface area (Å²) in [6.07, 6.45) is 0.886. The molecule has 4 aromatic carbocycles. The summed E-state index contributed by atoms with van der Waals surface area (Å²) < 4.78 is 29.1. The number of carbonyl (C=O) groups is 2. The van der Waals surface area contributed by atoms with Gasteiger partial charge in [-0.3, -0.25) is 13.9 Å². The van der Waals surface area contributed by atoms with Gasteiger partial charge in [0.1, 0.15) is 12.6 Å². The quantitative estimate of drug-likeness (QED) is 0.159. The number of nitrogens with one attached hydrogen (secondary N) is 1. The van der Waals surface area contributed by atoms with Gasteiger partial charge in [0.15, 0.2) is 0 Å². The molecule has 0 aliphatic rings. The van der Waals surface area contributed by atoms with E-state index in [1.54, 1.807) is 42.5 Å². The summed E-state index contributed by atoms with van der Waals surface area (Å²) in [5.41, 5.74) is 1.58. The fraction of sp³-hybridized carbons (Fsp3) is 0.235. The van der Waals surface area contributed by atoms with Crippen molar-refractivity contribution in [3.05, 3.63) is 129 Å². The Hall–Kier alpha value is -3.56. The lowest BCUT2D eigenvalue weighted by Crippen LogP contribution is -2.54. The van der Waals surface area contributed by atoms with Gasteiger partial charge in [-0.15, -0.1) is 0 Å². The highest BCUT2D eigenvalue weighted by atomic mass is 35.5. The van der Waals surface area contributed by atoms with E-state index in [9.17, 15) is 18.0 Å². The van der Waals surface area contributed by atoms with Crippen LogP contribution < -0.4 is 9.62 Å². The van der Waals surface area contributed by atoms with Crippen LogP contribution in [0.4, 0.5) is 5.69 Å². The van der Waals surface area contributed by atoms with Crippen LogP contribution in [0.2, 0.25) is 15.1 Å². The fourth-order valence-electron chi connectivity index (χ4n) is 4.69. The standard InChI is InChI=1S/C34H34Cl3N3O4S/c1-3-24(2)38-34(42)32(20-25-10-6-4-7-11-25)39(22-26-14-16-27(35)17-15-26)33(41)23-40(31-21-28(36)18-19-30(31)37)45(43,44)29-12-8-5-9-13-29/h4-19,21,24,32H,3,20,22-23H2,1-2H3,(H,38,42)/t24-,32-/m1/s1. The molecule has 0 unspecified atom stereocenters. The van der Waals surface area contributed by atoms with Crippen LogP contribution >= 0.6 is 34.8 Å². The maximum Gasteiger partial charge on any atom is 0.264 e. The van der Waals surface area contributed by atoms with Crippen LogP contribution in [-0.4, -0.2) is 43.8 Å². The third-order valence-corrected chi connectivity index (χ3v) is 9.91. The molecule has 0 aromatic heterocycles. The average molecular weight is 687 g/mol. The summed E-state index contributed by atoms with van der Waals surface area (Å²) in [5, 5.41) is 3.86. The second-order valence-electron chi connectivity index (χ2n) is 10.6. The predicted octanol–water partition coefficient (Wildman–Crippen LogP) is 7.40. The fourth-order valence-corrected chi connectivity index (χ4v) is 6.70. The smallest absolute Gasteiger partial charge is 0.264 e. The summed E-state index contributed by atoms with van der Waals surface area (Å²) >= 11 is 18.9. The zero-order valence-electron chi connectivity index (χ0n) is 24.9. The van der Waals surface area contributed by atoms with Gasteiger partial charge in [0.2, 0.25) is 11.8 Å². The normalized spacial score (nSPS) is 12.6. The van der Waals surface area contributed by atoms with Crippen molar-refractivity contribution < 1.29 is 18.0 Å². The monoisotopic (exact) mass is 685 g/mol. The van der Waals surface area contributed by atoms with Crippen LogP contribution in [0, 0.1) is 0 Å². The van der Waals surface area contributed by atoms with Crippen LogP contribution in [0.5, 0.6) is 0 Å². The molecule has 0 aliphatic heterocycles. The molecule has 0 heterocycles. The molecule has 0 bridgehead atoms. The molecule has 0 radical (unpaired) electrons. The second kappa shape index (κ2) is 15.6. The van der Waals surface area contributed by atoms with Crippen LogP contribution in [-0.2, 0) is 32.6 Å². The first-order valence-corrected chi connectivity index (χ1v) is 17.0. The van der Waals surface area contributed by atoms with E-state index < -0.39 is 28.5 Å². The topological polar surface area (TPSA) is 86.8 Å². The van der Waals surface area contributed by atoms with Gasteiger partial charge < -0.3 is 10.2 Å². The van der Waals surface area contributed by atoms with Crippen molar-refractivity contribution in [3.8, 4) is 0 Å². The van der Waals surface area contributed by atoms with Gasteiger partial charge in [-0.2, -0.15) is 0 Å². The van der Waals surface area contributed by atoms with E-state index in [0.29, 0.717) is 17.0 Å². The van der Waals surface area contributed by atoms with Gasteiger partial charge in [-0.1, -0.05) is 102 Å². The molecule has 0 saturated heterocycles. The molecule has 7 nitrogen and oxygen atoms in total. The number of halogens is 3. The molecule has 45 heavy (non-hydrogen) atoms. The molecule has 1 N–H and O–H groups in total. The van der Waals surface area contributed by atoms with Gasteiger partial charge in [0.05, 0.1) is 15.6 Å². The number of nitrogens with zero attached hydrogens (tertiary/aromatic N) is 2. The maximum atomic E-state index is 14.5. The summed E-state index contributed by atoms with van der Waals surface area (Å²) in [4.78, 5) is 29.8. The van der Waals surface area contributed by atoms with E-state index in [4.69, 9.17) is 34.8 Å². The van der Waals surface area contributed by atoms with Gasteiger partial charge in [-0.05, 0) is 66.9 Å². The Morgan fingerprint density at radius 3 is 2.02 bits per heavy atom. The number of benzene rings is 4. The minimum Gasteiger partial charge on any atom is -0.352 e. The molecule has 2 atom stereocenters. The Bertz CT molecular complexity index is 1710. The first-order valence-electron chi connectivity index (χ1n) is 14.4. The van der Waals surface area contributed by atoms with Crippen molar-refractivity contribution in [2.45, 2.75) is 50.2 Å². The van der Waals surface area contributed by atoms with E-state index in [-0.39, 0.29) is 45.5 Å². The lowest BCUT2D eigenvalue weighted by molar-refractivity contribution is -0.140. The number of carbonyl (C=O) groups excluding carboxylic acids is 2. The molecule has 2 amide bonds. The molecule has 4 rings (SSSR count). The van der Waals surface area contributed by atoms with Gasteiger partial charge in [-0.25, -0.2) is 8.42 Å². The molecule has 0 aliphatic carbocycles. The SMILES string of the molecule is CC[C@@H](C)NC(=O)[C@@H](Cc1ccccc1)N(Cc1ccc(Cl)cc1)C(=O)CN(c1cc(Cl)ccc1Cl)S(=O)(=O)c1ccccc1.